The van der Waals surface area contributed by atoms with Crippen LogP contribution >= 0.6 is 0 Å². The van der Waals surface area contributed by atoms with E-state index < -0.39 is 23.7 Å². The van der Waals surface area contributed by atoms with E-state index in [4.69, 9.17) is 11.0 Å². The van der Waals surface area contributed by atoms with Crippen LogP contribution in [0.4, 0.5) is 16.4 Å². The minimum Gasteiger partial charge on any atom is -0.465 e. The quantitative estimate of drug-likeness (QED) is 0.386. The average molecular weight is 485 g/mol. The zero-order valence-corrected chi connectivity index (χ0v) is 18.7. The van der Waals surface area contributed by atoms with E-state index in [1.165, 1.54) is 38.6 Å². The van der Waals surface area contributed by atoms with Crippen molar-refractivity contribution in [3.8, 4) is 11.8 Å². The van der Waals surface area contributed by atoms with Gasteiger partial charge in [0, 0.05) is 18.7 Å². The van der Waals surface area contributed by atoms with Crippen LogP contribution in [0, 0.1) is 11.3 Å². The fraction of sp³-hybridized carbons (Fsp3) is 0.174. The number of nitrogens with zero attached hydrogens (tertiary/aromatic N) is 7. The summed E-state index contributed by atoms with van der Waals surface area (Å²) in [7, 11) is 0. The summed E-state index contributed by atoms with van der Waals surface area (Å²) in [5.41, 5.74) is 7.18. The van der Waals surface area contributed by atoms with Gasteiger partial charge < -0.3 is 21.1 Å². The minimum absolute atomic E-state index is 0.0919. The van der Waals surface area contributed by atoms with Gasteiger partial charge in [0.25, 0.3) is 5.91 Å². The first-order valence-corrected chi connectivity index (χ1v) is 10.9. The molecule has 180 valence electrons. The fourth-order valence-corrected chi connectivity index (χ4v) is 4.28. The predicted octanol–water partition coefficient (Wildman–Crippen LogP) is 1.61. The van der Waals surface area contributed by atoms with Crippen LogP contribution in [0.1, 0.15) is 28.5 Å². The molecule has 0 spiro atoms. The first-order chi connectivity index (χ1) is 17.4. The highest BCUT2D eigenvalue weighted by atomic mass is 16.4. The molecule has 2 amide bonds. The second-order valence-corrected chi connectivity index (χ2v) is 8.11. The molecule has 13 heteroatoms. The Bertz CT molecular complexity index is 1600. The molecule has 1 fully saturated rings. The van der Waals surface area contributed by atoms with E-state index >= 15 is 0 Å². The van der Waals surface area contributed by atoms with E-state index in [1.807, 2.05) is 6.07 Å². The monoisotopic (exact) mass is 485 g/mol. The lowest BCUT2D eigenvalue weighted by molar-refractivity contribution is 0.102. The van der Waals surface area contributed by atoms with Gasteiger partial charge in [-0.2, -0.15) is 5.26 Å². The lowest BCUT2D eigenvalue weighted by atomic mass is 10.2. The number of anilines is 2. The Morgan fingerprint density at radius 1 is 1.17 bits per heavy atom. The van der Waals surface area contributed by atoms with Crippen LogP contribution in [0.15, 0.2) is 53.6 Å². The summed E-state index contributed by atoms with van der Waals surface area (Å²) in [6.07, 6.45) is 0.659. The molecule has 0 radical (unpaired) electrons. The number of imidazole rings is 1. The largest absolute Gasteiger partial charge is 0.465 e. The summed E-state index contributed by atoms with van der Waals surface area (Å²) in [4.78, 5) is 51.1. The molecule has 4 heterocycles. The number of nitriles is 1. The number of hydrogen-bond donors (Lipinski definition) is 3. The van der Waals surface area contributed by atoms with Crippen molar-refractivity contribution in [2.45, 2.75) is 12.5 Å². The van der Waals surface area contributed by atoms with Crippen LogP contribution in [0.5, 0.6) is 0 Å². The summed E-state index contributed by atoms with van der Waals surface area (Å²) in [6, 6.07) is 12.5. The van der Waals surface area contributed by atoms with Crippen LogP contribution < -0.4 is 16.7 Å². The smallest absolute Gasteiger partial charge is 0.407 e. The van der Waals surface area contributed by atoms with Gasteiger partial charge in [-0.3, -0.25) is 13.9 Å². The highest BCUT2D eigenvalue weighted by Crippen LogP contribution is 2.27. The number of nitrogens with one attached hydrogen (secondary N) is 1. The Morgan fingerprint density at radius 3 is 2.64 bits per heavy atom. The van der Waals surface area contributed by atoms with Crippen molar-refractivity contribution in [1.29, 1.82) is 5.26 Å². The third kappa shape index (κ3) is 3.86. The minimum atomic E-state index is -1.05. The third-order valence-electron chi connectivity index (χ3n) is 5.97. The van der Waals surface area contributed by atoms with Crippen molar-refractivity contribution in [1.82, 2.24) is 29.0 Å². The van der Waals surface area contributed by atoms with Crippen LogP contribution in [-0.4, -0.2) is 59.2 Å². The van der Waals surface area contributed by atoms with Gasteiger partial charge >= 0.3 is 11.8 Å². The molecular weight excluding hydrogens is 466 g/mol. The summed E-state index contributed by atoms with van der Waals surface area (Å²) >= 11 is 0. The molecular formula is C23H19N9O4. The maximum atomic E-state index is 13.5. The van der Waals surface area contributed by atoms with E-state index in [0.29, 0.717) is 35.4 Å². The number of carbonyl (C=O) groups excluding carboxylic acids is 1. The van der Waals surface area contributed by atoms with Gasteiger partial charge in [-0.15, -0.1) is 0 Å². The highest BCUT2D eigenvalue weighted by molar-refractivity contribution is 6.03. The molecule has 1 aliphatic rings. The van der Waals surface area contributed by atoms with Gasteiger partial charge in [-0.25, -0.2) is 24.5 Å². The van der Waals surface area contributed by atoms with Crippen LogP contribution in [0.3, 0.4) is 0 Å². The summed E-state index contributed by atoms with van der Waals surface area (Å²) in [6.45, 7) is 0.452. The molecule has 5 rings (SSSR count). The average Bonchev–Trinajstić information content (AvgIpc) is 3.47. The lowest BCUT2D eigenvalue weighted by Gasteiger charge is -2.13. The zero-order chi connectivity index (χ0) is 25.4. The lowest BCUT2D eigenvalue weighted by Crippen LogP contribution is -2.31. The van der Waals surface area contributed by atoms with Crippen molar-refractivity contribution < 1.29 is 14.7 Å². The standard InChI is InChI=1S/C23H19N9O4/c24-10-14-2-1-3-17(28-14)29-21(33)13-4-6-15(7-5-13)31-18-19(25)26-12-27-20(18)32(22(31)34)16-8-9-30(11-16)23(35)36/h1-7,12,16H,8-9,11H2,(H,35,36)(H2,25,26,27)(H,28,29,33). The Hall–Kier alpha value is -5.25. The predicted molar refractivity (Wildman–Crippen MR) is 128 cm³/mol. The van der Waals surface area contributed by atoms with Crippen LogP contribution in [0.2, 0.25) is 0 Å². The number of carboxylic acid groups (broad SMARTS) is 1. The van der Waals surface area contributed by atoms with Crippen molar-refractivity contribution in [3.63, 3.8) is 0 Å². The number of aromatic nitrogens is 5. The molecule has 1 unspecified atom stereocenters. The number of nitrogen functional groups attached to an aromatic ring is 1. The summed E-state index contributed by atoms with van der Waals surface area (Å²) < 4.78 is 2.80. The molecule has 4 N–H and O–H groups in total. The van der Waals surface area contributed by atoms with Crippen LogP contribution in [-0.2, 0) is 0 Å². The Kier molecular flexibility index (Phi) is 5.53. The van der Waals surface area contributed by atoms with E-state index in [1.54, 1.807) is 24.3 Å². The molecule has 13 nitrogen and oxygen atoms in total. The normalized spacial score (nSPS) is 15.1. The van der Waals surface area contributed by atoms with Gasteiger partial charge in [-0.05, 0) is 42.8 Å². The fourth-order valence-electron chi connectivity index (χ4n) is 4.28. The molecule has 1 aromatic carbocycles. The van der Waals surface area contributed by atoms with E-state index in [-0.39, 0.29) is 23.9 Å². The Labute approximate surface area is 203 Å². The third-order valence-corrected chi connectivity index (χ3v) is 5.97. The van der Waals surface area contributed by atoms with Crippen molar-refractivity contribution in [2.75, 3.05) is 24.1 Å². The van der Waals surface area contributed by atoms with E-state index in [9.17, 15) is 19.5 Å². The topological polar surface area (TPSA) is 185 Å². The second kappa shape index (κ2) is 8.84. The van der Waals surface area contributed by atoms with Gasteiger partial charge in [0.1, 0.15) is 29.4 Å². The summed E-state index contributed by atoms with van der Waals surface area (Å²) in [5.74, 6) is -0.116. The number of pyridine rings is 1. The van der Waals surface area contributed by atoms with Crippen molar-refractivity contribution >= 4 is 34.8 Å². The summed E-state index contributed by atoms with van der Waals surface area (Å²) in [5, 5.41) is 20.9. The molecule has 3 aromatic heterocycles. The van der Waals surface area contributed by atoms with Gasteiger partial charge in [0.15, 0.2) is 11.5 Å². The number of likely N-dealkylation sites (tertiary alicyclic amines) is 1. The molecule has 1 saturated heterocycles. The molecule has 0 bridgehead atoms. The number of rotatable bonds is 4. The van der Waals surface area contributed by atoms with E-state index in [0.717, 1.165) is 0 Å². The van der Waals surface area contributed by atoms with E-state index in [2.05, 4.69) is 20.3 Å². The van der Waals surface area contributed by atoms with Crippen molar-refractivity contribution in [3.05, 3.63) is 70.5 Å². The molecule has 36 heavy (non-hydrogen) atoms. The molecule has 0 aliphatic carbocycles. The van der Waals surface area contributed by atoms with Gasteiger partial charge in [0.2, 0.25) is 0 Å². The Morgan fingerprint density at radius 2 is 1.94 bits per heavy atom. The van der Waals surface area contributed by atoms with Gasteiger partial charge in [-0.1, -0.05) is 6.07 Å². The molecule has 1 atom stereocenters. The maximum absolute atomic E-state index is 13.5. The first-order valence-electron chi connectivity index (χ1n) is 10.9. The second-order valence-electron chi connectivity index (χ2n) is 8.11. The number of nitrogens with two attached hydrogens (primary N) is 1. The SMILES string of the molecule is N#Cc1cccc(NC(=O)c2ccc(-n3c(=O)n(C4CCN(C(=O)O)C4)c4ncnc(N)c43)cc2)n1. The molecule has 1 aliphatic heterocycles. The number of carbonyl (C=O) groups is 2. The Balaban J connectivity index is 1.50. The van der Waals surface area contributed by atoms with Crippen LogP contribution in [0.25, 0.3) is 16.9 Å². The van der Waals surface area contributed by atoms with Gasteiger partial charge in [0.05, 0.1) is 11.7 Å². The number of amides is 2. The highest BCUT2D eigenvalue weighted by Gasteiger charge is 2.31. The van der Waals surface area contributed by atoms with Crippen molar-refractivity contribution in [2.24, 2.45) is 0 Å². The number of fused-ring (bicyclic) bond motifs is 1. The molecule has 4 aromatic rings. The first kappa shape index (κ1) is 22.5. The maximum Gasteiger partial charge on any atom is 0.407 e. The number of hydrogen-bond acceptors (Lipinski definition) is 8. The molecule has 0 saturated carbocycles. The number of benzene rings is 1. The zero-order valence-electron chi connectivity index (χ0n) is 18.7.